The first-order valence-corrected chi connectivity index (χ1v) is 10.2. The van der Waals surface area contributed by atoms with E-state index in [0.717, 1.165) is 57.8 Å². The smallest absolute Gasteiger partial charge is 0.234 e. The number of rotatable bonds is 5. The molecule has 1 aliphatic heterocycles. The second-order valence-corrected chi connectivity index (χ2v) is 8.11. The van der Waals surface area contributed by atoms with Crippen molar-refractivity contribution in [2.75, 3.05) is 26.2 Å². The van der Waals surface area contributed by atoms with Crippen molar-refractivity contribution < 1.29 is 4.79 Å². The zero-order valence-electron chi connectivity index (χ0n) is 14.4. The molecule has 1 saturated heterocycles. The Balaban J connectivity index is 1.68. The molecule has 3 rings (SSSR count). The van der Waals surface area contributed by atoms with Gasteiger partial charge in [-0.3, -0.25) is 4.79 Å². The molecule has 2 aliphatic rings. The highest BCUT2D eigenvalue weighted by atomic mass is 32.1. The van der Waals surface area contributed by atoms with Crippen molar-refractivity contribution in [1.82, 2.24) is 10.2 Å². The quantitative estimate of drug-likeness (QED) is 0.888. The van der Waals surface area contributed by atoms with Gasteiger partial charge in [0.05, 0.1) is 5.41 Å². The first-order chi connectivity index (χ1) is 11.3. The van der Waals surface area contributed by atoms with Crippen LogP contribution in [-0.2, 0) is 10.2 Å². The van der Waals surface area contributed by atoms with Crippen molar-refractivity contribution in [2.45, 2.75) is 57.3 Å². The molecular formula is C19H30N2OS. The van der Waals surface area contributed by atoms with Gasteiger partial charge in [-0.15, -0.1) is 11.3 Å². The largest absolute Gasteiger partial charge is 0.342 e. The fourth-order valence-corrected chi connectivity index (χ4v) is 5.24. The standard InChI is InChI=1S/C19H30N2OS/c1-2-20-15-16-8-12-21(13-9-16)18(22)19(10-4-3-5-11-19)17-7-6-14-23-17/h6-7,14,16,20H,2-5,8-13,15H2,1H3. The molecule has 1 N–H and O–H groups in total. The summed E-state index contributed by atoms with van der Waals surface area (Å²) in [6, 6.07) is 4.29. The van der Waals surface area contributed by atoms with Crippen LogP contribution in [0.3, 0.4) is 0 Å². The first kappa shape index (κ1) is 17.0. The van der Waals surface area contributed by atoms with E-state index in [2.05, 4.69) is 34.7 Å². The topological polar surface area (TPSA) is 32.3 Å². The minimum absolute atomic E-state index is 0.207. The zero-order valence-corrected chi connectivity index (χ0v) is 15.2. The predicted octanol–water partition coefficient (Wildman–Crippen LogP) is 3.80. The fraction of sp³-hybridized carbons (Fsp3) is 0.737. The highest BCUT2D eigenvalue weighted by Crippen LogP contribution is 2.43. The Kier molecular flexibility index (Phi) is 5.76. The summed E-state index contributed by atoms with van der Waals surface area (Å²) in [6.45, 7) is 6.20. The van der Waals surface area contributed by atoms with Gasteiger partial charge in [0.15, 0.2) is 0 Å². The third-order valence-corrected chi connectivity index (χ3v) is 6.77. The van der Waals surface area contributed by atoms with Crippen molar-refractivity contribution in [1.29, 1.82) is 0 Å². The van der Waals surface area contributed by atoms with Gasteiger partial charge < -0.3 is 10.2 Å². The van der Waals surface area contributed by atoms with Crippen LogP contribution < -0.4 is 5.32 Å². The van der Waals surface area contributed by atoms with Crippen molar-refractivity contribution >= 4 is 17.2 Å². The van der Waals surface area contributed by atoms with E-state index in [1.165, 1.54) is 24.1 Å². The van der Waals surface area contributed by atoms with E-state index < -0.39 is 0 Å². The van der Waals surface area contributed by atoms with Crippen LogP contribution in [0.25, 0.3) is 0 Å². The summed E-state index contributed by atoms with van der Waals surface area (Å²) < 4.78 is 0. The summed E-state index contributed by atoms with van der Waals surface area (Å²) >= 11 is 1.77. The van der Waals surface area contributed by atoms with E-state index >= 15 is 0 Å². The van der Waals surface area contributed by atoms with Gasteiger partial charge >= 0.3 is 0 Å². The molecule has 1 amide bonds. The zero-order chi connectivity index (χ0) is 16.1. The van der Waals surface area contributed by atoms with Crippen molar-refractivity contribution in [2.24, 2.45) is 5.92 Å². The lowest BCUT2D eigenvalue weighted by Gasteiger charge is -2.42. The van der Waals surface area contributed by atoms with Crippen molar-refractivity contribution in [3.8, 4) is 0 Å². The number of nitrogens with one attached hydrogen (secondary N) is 1. The number of amides is 1. The Bertz CT molecular complexity index is 485. The summed E-state index contributed by atoms with van der Waals surface area (Å²) in [5.41, 5.74) is -0.207. The Morgan fingerprint density at radius 2 is 2.04 bits per heavy atom. The molecule has 3 nitrogen and oxygen atoms in total. The molecule has 0 bridgehead atoms. The Morgan fingerprint density at radius 1 is 1.30 bits per heavy atom. The minimum atomic E-state index is -0.207. The fourth-order valence-electron chi connectivity index (χ4n) is 4.26. The second-order valence-electron chi connectivity index (χ2n) is 7.16. The normalized spacial score (nSPS) is 22.2. The molecule has 2 fully saturated rings. The van der Waals surface area contributed by atoms with E-state index in [0.29, 0.717) is 5.91 Å². The molecule has 23 heavy (non-hydrogen) atoms. The lowest BCUT2D eigenvalue weighted by Crippen LogP contribution is -2.50. The van der Waals surface area contributed by atoms with E-state index in [9.17, 15) is 4.79 Å². The molecule has 1 aromatic rings. The molecule has 0 spiro atoms. The molecule has 128 valence electrons. The number of hydrogen-bond acceptors (Lipinski definition) is 3. The van der Waals surface area contributed by atoms with Crippen LogP contribution in [0.15, 0.2) is 17.5 Å². The number of carbonyl (C=O) groups is 1. The third-order valence-electron chi connectivity index (χ3n) is 5.69. The predicted molar refractivity (Wildman–Crippen MR) is 96.9 cm³/mol. The van der Waals surface area contributed by atoms with Gasteiger partial charge in [0.25, 0.3) is 0 Å². The van der Waals surface area contributed by atoms with E-state index in [4.69, 9.17) is 0 Å². The van der Waals surface area contributed by atoms with Crippen LogP contribution in [0, 0.1) is 5.92 Å². The van der Waals surface area contributed by atoms with Crippen LogP contribution in [0.1, 0.15) is 56.7 Å². The van der Waals surface area contributed by atoms with E-state index in [1.54, 1.807) is 11.3 Å². The van der Waals surface area contributed by atoms with Crippen LogP contribution in [-0.4, -0.2) is 37.0 Å². The summed E-state index contributed by atoms with van der Waals surface area (Å²) in [4.78, 5) is 16.9. The molecular weight excluding hydrogens is 304 g/mol. The molecule has 1 aromatic heterocycles. The number of hydrogen-bond donors (Lipinski definition) is 1. The molecule has 0 atom stereocenters. The Labute approximate surface area is 144 Å². The van der Waals surface area contributed by atoms with Gasteiger partial charge in [0.2, 0.25) is 5.91 Å². The maximum Gasteiger partial charge on any atom is 0.234 e. The highest BCUT2D eigenvalue weighted by molar-refractivity contribution is 7.10. The summed E-state index contributed by atoms with van der Waals surface area (Å²) in [5, 5.41) is 5.58. The Hall–Kier alpha value is -0.870. The lowest BCUT2D eigenvalue weighted by molar-refractivity contribution is -0.140. The van der Waals surface area contributed by atoms with Gasteiger partial charge in [-0.05, 0) is 56.1 Å². The minimum Gasteiger partial charge on any atom is -0.342 e. The van der Waals surface area contributed by atoms with Crippen LogP contribution in [0.5, 0.6) is 0 Å². The maximum absolute atomic E-state index is 13.4. The van der Waals surface area contributed by atoms with Crippen LogP contribution >= 0.6 is 11.3 Å². The average Bonchev–Trinajstić information content (AvgIpc) is 3.15. The average molecular weight is 335 g/mol. The SMILES string of the molecule is CCNCC1CCN(C(=O)C2(c3cccs3)CCCCC2)CC1. The monoisotopic (exact) mass is 334 g/mol. The van der Waals surface area contributed by atoms with Crippen molar-refractivity contribution in [3.05, 3.63) is 22.4 Å². The molecule has 2 heterocycles. The molecule has 4 heteroatoms. The summed E-state index contributed by atoms with van der Waals surface area (Å²) in [6.07, 6.45) is 8.07. The van der Waals surface area contributed by atoms with Gasteiger partial charge in [0.1, 0.15) is 0 Å². The molecule has 1 saturated carbocycles. The van der Waals surface area contributed by atoms with Gasteiger partial charge in [-0.25, -0.2) is 0 Å². The number of nitrogens with zero attached hydrogens (tertiary/aromatic N) is 1. The Morgan fingerprint density at radius 3 is 2.65 bits per heavy atom. The van der Waals surface area contributed by atoms with Gasteiger partial charge in [-0.1, -0.05) is 32.3 Å². The third kappa shape index (κ3) is 3.63. The number of likely N-dealkylation sites (tertiary alicyclic amines) is 1. The molecule has 0 aromatic carbocycles. The highest BCUT2D eigenvalue weighted by Gasteiger charge is 2.44. The maximum atomic E-state index is 13.4. The number of piperidine rings is 1. The van der Waals surface area contributed by atoms with Crippen LogP contribution in [0.4, 0.5) is 0 Å². The number of carbonyl (C=O) groups excluding carboxylic acids is 1. The van der Waals surface area contributed by atoms with Gasteiger partial charge in [-0.2, -0.15) is 0 Å². The summed E-state index contributed by atoms with van der Waals surface area (Å²) in [5.74, 6) is 1.16. The molecule has 1 aliphatic carbocycles. The van der Waals surface area contributed by atoms with E-state index in [-0.39, 0.29) is 5.41 Å². The molecule has 0 radical (unpaired) electrons. The number of thiophene rings is 1. The van der Waals surface area contributed by atoms with Crippen LogP contribution in [0.2, 0.25) is 0 Å². The van der Waals surface area contributed by atoms with Crippen molar-refractivity contribution in [3.63, 3.8) is 0 Å². The van der Waals surface area contributed by atoms with E-state index in [1.807, 2.05) is 0 Å². The first-order valence-electron chi connectivity index (χ1n) is 9.30. The molecule has 0 unspecified atom stereocenters. The lowest BCUT2D eigenvalue weighted by atomic mass is 9.71. The second kappa shape index (κ2) is 7.80. The van der Waals surface area contributed by atoms with Gasteiger partial charge in [0, 0.05) is 18.0 Å². The summed E-state index contributed by atoms with van der Waals surface area (Å²) in [7, 11) is 0.